The van der Waals surface area contributed by atoms with Crippen LogP contribution in [0, 0.1) is 11.3 Å². The number of aromatic nitrogens is 1. The minimum Gasteiger partial charge on any atom is -0.451 e. The molecular formula is C23H17N3O4S. The number of nitrogens with one attached hydrogen (secondary N) is 1. The van der Waals surface area contributed by atoms with E-state index >= 15 is 0 Å². The maximum Gasteiger partial charge on any atom is 0.326 e. The summed E-state index contributed by atoms with van der Waals surface area (Å²) < 4.78 is 7.05. The average molecular weight is 431 g/mol. The van der Waals surface area contributed by atoms with Gasteiger partial charge < -0.3 is 14.6 Å². The van der Waals surface area contributed by atoms with E-state index in [9.17, 15) is 14.4 Å². The molecule has 0 spiro atoms. The Hall–Kier alpha value is -3.96. The number of hydrogen-bond acceptors (Lipinski definition) is 6. The highest BCUT2D eigenvalue weighted by atomic mass is 32.1. The number of carbonyl (C=O) groups is 2. The molecule has 0 aliphatic rings. The molecule has 1 amide bonds. The molecule has 0 aliphatic carbocycles. The highest BCUT2D eigenvalue weighted by Crippen LogP contribution is 2.23. The molecule has 4 rings (SSSR count). The molecule has 4 aromatic rings. The highest BCUT2D eigenvalue weighted by molar-refractivity contribution is 7.14. The van der Waals surface area contributed by atoms with Crippen molar-refractivity contribution in [1.82, 2.24) is 4.57 Å². The third-order valence-corrected chi connectivity index (χ3v) is 5.70. The standard InChI is InChI=1S/C23H17N3O4S/c1-14(22(29)25-23-15(12-24)10-11-31-23)30-20(27)13-26-18-8-4-2-6-16(18)21(28)17-7-3-5-9-19(17)26/h2-11,14H,13H2,1H3,(H,25,29). The minimum atomic E-state index is -1.06. The zero-order valence-corrected chi connectivity index (χ0v) is 17.3. The van der Waals surface area contributed by atoms with Crippen LogP contribution in [0.3, 0.4) is 0 Å². The molecule has 0 saturated heterocycles. The van der Waals surface area contributed by atoms with Gasteiger partial charge in [-0.15, -0.1) is 11.3 Å². The predicted molar refractivity (Wildman–Crippen MR) is 119 cm³/mol. The first kappa shape index (κ1) is 20.3. The van der Waals surface area contributed by atoms with Gasteiger partial charge in [-0.05, 0) is 42.6 Å². The number of amides is 1. The zero-order chi connectivity index (χ0) is 22.0. The van der Waals surface area contributed by atoms with Crippen LogP contribution in [0.25, 0.3) is 21.8 Å². The lowest BCUT2D eigenvalue weighted by Gasteiger charge is -2.17. The fourth-order valence-electron chi connectivity index (χ4n) is 3.37. The van der Waals surface area contributed by atoms with Gasteiger partial charge in [0.05, 0.1) is 16.6 Å². The number of rotatable bonds is 5. The smallest absolute Gasteiger partial charge is 0.326 e. The van der Waals surface area contributed by atoms with Crippen molar-refractivity contribution in [1.29, 1.82) is 5.26 Å². The van der Waals surface area contributed by atoms with Crippen LogP contribution in [0.5, 0.6) is 0 Å². The molecule has 2 heterocycles. The van der Waals surface area contributed by atoms with Gasteiger partial charge in [0.2, 0.25) is 0 Å². The Balaban J connectivity index is 1.58. The van der Waals surface area contributed by atoms with E-state index in [2.05, 4.69) is 5.32 Å². The summed E-state index contributed by atoms with van der Waals surface area (Å²) in [7, 11) is 0. The third kappa shape index (κ3) is 3.91. The number of ether oxygens (including phenoxy) is 1. The molecule has 1 unspecified atom stereocenters. The van der Waals surface area contributed by atoms with Gasteiger partial charge in [0.1, 0.15) is 17.6 Å². The number of para-hydroxylation sites is 2. The van der Waals surface area contributed by atoms with E-state index < -0.39 is 18.0 Å². The third-order valence-electron chi connectivity index (χ3n) is 4.87. The van der Waals surface area contributed by atoms with Crippen molar-refractivity contribution in [3.8, 4) is 6.07 Å². The lowest BCUT2D eigenvalue weighted by atomic mass is 10.1. The van der Waals surface area contributed by atoms with Gasteiger partial charge in [0.25, 0.3) is 5.91 Å². The number of nitriles is 1. The normalized spacial score (nSPS) is 11.7. The van der Waals surface area contributed by atoms with Crippen LogP contribution >= 0.6 is 11.3 Å². The lowest BCUT2D eigenvalue weighted by molar-refractivity contribution is -0.153. The van der Waals surface area contributed by atoms with Crippen LogP contribution in [0.2, 0.25) is 0 Å². The first-order valence-electron chi connectivity index (χ1n) is 9.48. The number of anilines is 1. The van der Waals surface area contributed by atoms with E-state index in [4.69, 9.17) is 10.00 Å². The van der Waals surface area contributed by atoms with Crippen molar-refractivity contribution in [2.24, 2.45) is 0 Å². The maximum absolute atomic E-state index is 12.8. The molecule has 0 aliphatic heterocycles. The van der Waals surface area contributed by atoms with Crippen LogP contribution in [-0.2, 0) is 20.9 Å². The van der Waals surface area contributed by atoms with Gasteiger partial charge in [-0.2, -0.15) is 5.26 Å². The molecule has 2 aromatic heterocycles. The van der Waals surface area contributed by atoms with Gasteiger partial charge >= 0.3 is 5.97 Å². The topological polar surface area (TPSA) is 101 Å². The molecule has 31 heavy (non-hydrogen) atoms. The molecule has 0 radical (unpaired) electrons. The molecule has 0 saturated carbocycles. The number of benzene rings is 2. The van der Waals surface area contributed by atoms with Gasteiger partial charge in [0, 0.05) is 10.8 Å². The van der Waals surface area contributed by atoms with Gasteiger partial charge in [-0.1, -0.05) is 24.3 Å². The SMILES string of the molecule is CC(OC(=O)Cn1c2ccccc2c(=O)c2ccccc21)C(=O)Nc1sccc1C#N. The van der Waals surface area contributed by atoms with Gasteiger partial charge in [0.15, 0.2) is 11.5 Å². The van der Waals surface area contributed by atoms with Crippen molar-refractivity contribution in [3.63, 3.8) is 0 Å². The lowest BCUT2D eigenvalue weighted by Crippen LogP contribution is -2.31. The summed E-state index contributed by atoms with van der Waals surface area (Å²) in [5.74, 6) is -1.14. The van der Waals surface area contributed by atoms with E-state index in [1.165, 1.54) is 18.3 Å². The van der Waals surface area contributed by atoms with Crippen LogP contribution < -0.4 is 10.7 Å². The van der Waals surface area contributed by atoms with Gasteiger partial charge in [-0.3, -0.25) is 14.4 Å². The van der Waals surface area contributed by atoms with Crippen molar-refractivity contribution in [3.05, 3.63) is 75.8 Å². The summed E-state index contributed by atoms with van der Waals surface area (Å²) in [6, 6.07) is 17.7. The Morgan fingerprint density at radius 1 is 1.10 bits per heavy atom. The quantitative estimate of drug-likeness (QED) is 0.384. The Kier molecular flexibility index (Phi) is 5.52. The van der Waals surface area contributed by atoms with E-state index in [0.29, 0.717) is 32.4 Å². The number of thiophene rings is 1. The largest absolute Gasteiger partial charge is 0.451 e. The molecule has 2 aromatic carbocycles. The summed E-state index contributed by atoms with van der Waals surface area (Å²) in [6.45, 7) is 1.30. The van der Waals surface area contributed by atoms with Crippen LogP contribution in [-0.4, -0.2) is 22.5 Å². The predicted octanol–water partition coefficient (Wildman–Crippen LogP) is 3.66. The summed E-state index contributed by atoms with van der Waals surface area (Å²) in [4.78, 5) is 37.9. The van der Waals surface area contributed by atoms with Crippen LogP contribution in [0.4, 0.5) is 5.00 Å². The summed E-state index contributed by atoms with van der Waals surface area (Å²) in [5, 5.41) is 14.8. The molecule has 7 nitrogen and oxygen atoms in total. The number of esters is 1. The second kappa shape index (κ2) is 8.42. The molecular weight excluding hydrogens is 414 g/mol. The molecule has 154 valence electrons. The summed E-state index contributed by atoms with van der Waals surface area (Å²) in [6.07, 6.45) is -1.06. The number of hydrogen-bond donors (Lipinski definition) is 1. The number of carbonyl (C=O) groups excluding carboxylic acids is 2. The Morgan fingerprint density at radius 3 is 2.32 bits per heavy atom. The van der Waals surface area contributed by atoms with E-state index in [-0.39, 0.29) is 12.0 Å². The molecule has 0 fully saturated rings. The van der Waals surface area contributed by atoms with E-state index in [1.807, 2.05) is 6.07 Å². The first-order chi connectivity index (χ1) is 15.0. The molecule has 1 N–H and O–H groups in total. The second-order valence-electron chi connectivity index (χ2n) is 6.85. The monoisotopic (exact) mass is 431 g/mol. The average Bonchev–Trinajstić information content (AvgIpc) is 3.23. The summed E-state index contributed by atoms with van der Waals surface area (Å²) >= 11 is 1.22. The van der Waals surface area contributed by atoms with Crippen LogP contribution in [0.15, 0.2) is 64.8 Å². The Bertz CT molecular complexity index is 1350. The van der Waals surface area contributed by atoms with Crippen molar-refractivity contribution < 1.29 is 14.3 Å². The van der Waals surface area contributed by atoms with Crippen molar-refractivity contribution in [2.75, 3.05) is 5.32 Å². The zero-order valence-electron chi connectivity index (χ0n) is 16.5. The molecule has 0 bridgehead atoms. The Morgan fingerprint density at radius 2 is 1.71 bits per heavy atom. The second-order valence-corrected chi connectivity index (χ2v) is 7.76. The first-order valence-corrected chi connectivity index (χ1v) is 10.4. The van der Waals surface area contributed by atoms with Crippen LogP contribution in [0.1, 0.15) is 12.5 Å². The van der Waals surface area contributed by atoms with Crippen molar-refractivity contribution in [2.45, 2.75) is 19.6 Å². The van der Waals surface area contributed by atoms with E-state index in [1.54, 1.807) is 64.5 Å². The Labute approximate surface area is 181 Å². The van der Waals surface area contributed by atoms with Crippen molar-refractivity contribution >= 4 is 50.0 Å². The summed E-state index contributed by atoms with van der Waals surface area (Å²) in [5.41, 5.74) is 1.46. The van der Waals surface area contributed by atoms with Gasteiger partial charge in [-0.25, -0.2) is 0 Å². The number of pyridine rings is 1. The fourth-order valence-corrected chi connectivity index (χ4v) is 4.11. The number of nitrogens with zero attached hydrogens (tertiary/aromatic N) is 2. The fraction of sp³-hybridized carbons (Fsp3) is 0.130. The number of fused-ring (bicyclic) bond motifs is 2. The van der Waals surface area contributed by atoms with E-state index in [0.717, 1.165) is 0 Å². The maximum atomic E-state index is 12.8. The highest BCUT2D eigenvalue weighted by Gasteiger charge is 2.21. The molecule has 1 atom stereocenters. The minimum absolute atomic E-state index is 0.104. The molecule has 8 heteroatoms.